The number of pyridine rings is 1. The SMILES string of the molecule is CC(N)C1C(Cl)=CC=C(c2cc(N)c(C#CC3(O)CC(F)(F)C3)nc2[C@@H](C)Cc2cc(F)cc(F)c2)C1N(C)N. The molecule has 0 amide bonds. The number of hydrazine groups is 1. The lowest BCUT2D eigenvalue weighted by molar-refractivity contribution is -0.176. The minimum atomic E-state index is -2.98. The van der Waals surface area contributed by atoms with Gasteiger partial charge in [0.15, 0.2) is 0 Å². The molecule has 6 nitrogen and oxygen atoms in total. The number of nitrogens with zero attached hydrogens (tertiary/aromatic N) is 2. The minimum absolute atomic E-state index is 0.0889. The fourth-order valence-corrected chi connectivity index (χ4v) is 5.86. The Morgan fingerprint density at radius 2 is 1.77 bits per heavy atom. The predicted molar refractivity (Wildman–Crippen MR) is 148 cm³/mol. The Bertz CT molecular complexity index is 1400. The quantitative estimate of drug-likeness (QED) is 0.174. The number of halogens is 5. The maximum Gasteiger partial charge on any atom is 0.255 e. The molecule has 1 heterocycles. The Morgan fingerprint density at radius 1 is 1.15 bits per heavy atom. The molecule has 0 radical (unpaired) electrons. The Balaban J connectivity index is 1.84. The highest BCUT2D eigenvalue weighted by Gasteiger charge is 2.55. The van der Waals surface area contributed by atoms with Crippen LogP contribution in [0.4, 0.5) is 23.2 Å². The van der Waals surface area contributed by atoms with Gasteiger partial charge in [-0.15, -0.1) is 0 Å². The van der Waals surface area contributed by atoms with Crippen molar-refractivity contribution in [3.05, 3.63) is 75.6 Å². The van der Waals surface area contributed by atoms with E-state index in [1.807, 2.05) is 13.8 Å². The molecule has 2 aliphatic rings. The number of allylic oxidation sites excluding steroid dienone is 2. The molecule has 7 N–H and O–H groups in total. The monoisotopic (exact) mass is 577 g/mol. The van der Waals surface area contributed by atoms with Crippen LogP contribution in [0.15, 0.2) is 41.4 Å². The summed E-state index contributed by atoms with van der Waals surface area (Å²) in [4.78, 5) is 4.70. The molecule has 0 spiro atoms. The van der Waals surface area contributed by atoms with Crippen molar-refractivity contribution in [3.63, 3.8) is 0 Å². The molecule has 214 valence electrons. The topological polar surface area (TPSA) is 114 Å². The molecule has 0 bridgehead atoms. The standard InChI is InChI=1S/C29H32ClF4N5O/c1-15(8-17-9-18(31)11-19(32)10-17)26-21(20-4-5-22(30)25(16(2)35)27(20)39(3)37)12-23(36)24(38-26)6-7-28(40)13-29(33,34)14-28/h4-5,9-12,15-16,25,27,40H,8,13-14,35-37H2,1-3H3/t15-,16?,25?,27?/m0/s1. The summed E-state index contributed by atoms with van der Waals surface area (Å²) in [5, 5.41) is 12.4. The number of nitrogen functional groups attached to an aromatic ring is 1. The van der Waals surface area contributed by atoms with Crippen molar-refractivity contribution in [2.75, 3.05) is 12.8 Å². The zero-order valence-electron chi connectivity index (χ0n) is 22.4. The molecule has 1 saturated carbocycles. The smallest absolute Gasteiger partial charge is 0.255 e. The Morgan fingerprint density at radius 3 is 2.33 bits per heavy atom. The van der Waals surface area contributed by atoms with Crippen LogP contribution in [-0.4, -0.2) is 45.8 Å². The second kappa shape index (κ2) is 11.1. The molecule has 1 aromatic carbocycles. The number of nitrogens with two attached hydrogens (primary N) is 3. The number of aromatic nitrogens is 1. The summed E-state index contributed by atoms with van der Waals surface area (Å²) < 4.78 is 54.7. The van der Waals surface area contributed by atoms with Crippen molar-refractivity contribution in [2.24, 2.45) is 17.5 Å². The average Bonchev–Trinajstić information content (AvgIpc) is 2.80. The fraction of sp³-hybridized carbons (Fsp3) is 0.414. The number of anilines is 1. The highest BCUT2D eigenvalue weighted by molar-refractivity contribution is 6.30. The van der Waals surface area contributed by atoms with Crippen molar-refractivity contribution < 1.29 is 22.7 Å². The van der Waals surface area contributed by atoms with E-state index in [4.69, 9.17) is 33.9 Å². The first-order chi connectivity index (χ1) is 18.6. The summed E-state index contributed by atoms with van der Waals surface area (Å²) in [6.07, 6.45) is 2.20. The maximum absolute atomic E-state index is 13.9. The normalized spacial score (nSPS) is 22.9. The molecule has 1 fully saturated rings. The second-order valence-electron chi connectivity index (χ2n) is 10.9. The lowest BCUT2D eigenvalue weighted by Gasteiger charge is -2.39. The summed E-state index contributed by atoms with van der Waals surface area (Å²) in [7, 11) is 1.69. The van der Waals surface area contributed by atoms with Gasteiger partial charge in [-0.2, -0.15) is 0 Å². The molecular weight excluding hydrogens is 546 g/mol. The zero-order valence-corrected chi connectivity index (χ0v) is 23.1. The van der Waals surface area contributed by atoms with E-state index in [9.17, 15) is 22.7 Å². The number of hydrogen-bond acceptors (Lipinski definition) is 6. The van der Waals surface area contributed by atoms with Crippen LogP contribution in [0, 0.1) is 29.4 Å². The van der Waals surface area contributed by atoms with Gasteiger partial charge >= 0.3 is 0 Å². The van der Waals surface area contributed by atoms with Crippen LogP contribution >= 0.6 is 11.6 Å². The molecule has 4 atom stereocenters. The van der Waals surface area contributed by atoms with E-state index < -0.39 is 48.0 Å². The van der Waals surface area contributed by atoms with Crippen LogP contribution in [0.3, 0.4) is 0 Å². The van der Waals surface area contributed by atoms with Gasteiger partial charge in [-0.25, -0.2) is 27.6 Å². The van der Waals surface area contributed by atoms with Crippen LogP contribution in [0.25, 0.3) is 5.57 Å². The molecular formula is C29H32ClF4N5O. The zero-order chi connectivity index (χ0) is 29.6. The molecule has 4 rings (SSSR count). The van der Waals surface area contributed by atoms with Crippen LogP contribution in [-0.2, 0) is 6.42 Å². The van der Waals surface area contributed by atoms with Crippen molar-refractivity contribution in [3.8, 4) is 11.8 Å². The molecule has 0 aliphatic heterocycles. The summed E-state index contributed by atoms with van der Waals surface area (Å²) in [5.74, 6) is 6.29. The molecule has 3 unspecified atom stereocenters. The van der Waals surface area contributed by atoms with Gasteiger partial charge in [0, 0.05) is 41.6 Å². The van der Waals surface area contributed by atoms with Crippen molar-refractivity contribution in [1.29, 1.82) is 0 Å². The number of benzene rings is 1. The lowest BCUT2D eigenvalue weighted by atomic mass is 9.77. The van der Waals surface area contributed by atoms with E-state index in [0.29, 0.717) is 21.9 Å². The van der Waals surface area contributed by atoms with E-state index in [2.05, 4.69) is 11.8 Å². The van der Waals surface area contributed by atoms with E-state index in [-0.39, 0.29) is 29.8 Å². The summed E-state index contributed by atoms with van der Waals surface area (Å²) in [6.45, 7) is 3.65. The van der Waals surface area contributed by atoms with E-state index in [0.717, 1.165) is 11.6 Å². The molecule has 11 heteroatoms. The van der Waals surface area contributed by atoms with Gasteiger partial charge < -0.3 is 16.6 Å². The second-order valence-corrected chi connectivity index (χ2v) is 11.3. The molecule has 0 saturated heterocycles. The van der Waals surface area contributed by atoms with Crippen molar-refractivity contribution >= 4 is 22.9 Å². The minimum Gasteiger partial charge on any atom is -0.396 e. The largest absolute Gasteiger partial charge is 0.396 e. The van der Waals surface area contributed by atoms with Crippen LogP contribution in [0.2, 0.25) is 0 Å². The number of alkyl halides is 2. The van der Waals surface area contributed by atoms with Crippen LogP contribution in [0.1, 0.15) is 55.1 Å². The molecule has 2 aromatic rings. The van der Waals surface area contributed by atoms with Gasteiger partial charge in [0.1, 0.15) is 22.9 Å². The van der Waals surface area contributed by atoms with Gasteiger partial charge in [0.25, 0.3) is 5.92 Å². The van der Waals surface area contributed by atoms with E-state index >= 15 is 0 Å². The van der Waals surface area contributed by atoms with Gasteiger partial charge in [-0.3, -0.25) is 5.84 Å². The van der Waals surface area contributed by atoms with Crippen LogP contribution < -0.4 is 17.3 Å². The first kappa shape index (κ1) is 30.0. The van der Waals surface area contributed by atoms with E-state index in [1.54, 1.807) is 25.3 Å². The van der Waals surface area contributed by atoms with E-state index in [1.165, 1.54) is 17.1 Å². The van der Waals surface area contributed by atoms with Gasteiger partial charge in [0.2, 0.25) is 0 Å². The van der Waals surface area contributed by atoms with Crippen molar-refractivity contribution in [1.82, 2.24) is 9.99 Å². The number of likely N-dealkylation sites (N-methyl/N-ethyl adjacent to an activating group) is 1. The van der Waals surface area contributed by atoms with Gasteiger partial charge in [-0.05, 0) is 54.7 Å². The van der Waals surface area contributed by atoms with Gasteiger partial charge in [0.05, 0.1) is 30.3 Å². The maximum atomic E-state index is 13.9. The Kier molecular flexibility index (Phi) is 8.37. The van der Waals surface area contributed by atoms with Crippen molar-refractivity contribution in [2.45, 2.75) is 62.6 Å². The lowest BCUT2D eigenvalue weighted by Crippen LogP contribution is -2.50. The van der Waals surface area contributed by atoms with Gasteiger partial charge in [-0.1, -0.05) is 30.5 Å². The molecule has 2 aliphatic carbocycles. The van der Waals surface area contributed by atoms with Crippen LogP contribution in [0.5, 0.6) is 0 Å². The number of hydrogen-bond donors (Lipinski definition) is 4. The summed E-state index contributed by atoms with van der Waals surface area (Å²) in [5.41, 5.74) is 13.3. The third-order valence-corrected chi connectivity index (χ3v) is 7.62. The summed E-state index contributed by atoms with van der Waals surface area (Å²) >= 11 is 6.54. The third-order valence-electron chi connectivity index (χ3n) is 7.24. The highest BCUT2D eigenvalue weighted by atomic mass is 35.5. The number of aliphatic hydroxyl groups is 1. The molecule has 1 aromatic heterocycles. The third kappa shape index (κ3) is 6.35. The Labute approximate surface area is 235 Å². The first-order valence-corrected chi connectivity index (χ1v) is 13.2. The highest BCUT2D eigenvalue weighted by Crippen LogP contribution is 2.45. The number of rotatable bonds is 6. The Hall–Kier alpha value is -2.94. The predicted octanol–water partition coefficient (Wildman–Crippen LogP) is 4.46. The fourth-order valence-electron chi connectivity index (χ4n) is 5.48. The molecule has 40 heavy (non-hydrogen) atoms. The average molecular weight is 578 g/mol. The summed E-state index contributed by atoms with van der Waals surface area (Å²) in [6, 6.07) is 4.11. The first-order valence-electron chi connectivity index (χ1n) is 12.8.